The molecule has 1 amide bonds. The van der Waals surface area contributed by atoms with E-state index in [0.717, 1.165) is 44.9 Å². The molecule has 0 aromatic carbocycles. The summed E-state index contributed by atoms with van der Waals surface area (Å²) in [5.41, 5.74) is 0. The second-order valence-corrected chi connectivity index (χ2v) is 14.1. The van der Waals surface area contributed by atoms with Crippen LogP contribution in [0, 0.1) is 0 Å². The number of hydrogen-bond donors (Lipinski definition) is 4. The third-order valence-electron chi connectivity index (χ3n) is 8.17. The molecule has 0 rings (SSSR count). The predicted molar refractivity (Wildman–Crippen MR) is 190 cm³/mol. The molecule has 3 atom stereocenters. The Hall–Kier alpha value is -1.48. The minimum atomic E-state index is -4.45. The number of carbonyl (C=O) groups excluding carboxylic acids is 1. The average Bonchev–Trinajstić information content (AvgIpc) is 3.00. The van der Waals surface area contributed by atoms with Crippen molar-refractivity contribution in [2.45, 2.75) is 186 Å². The van der Waals surface area contributed by atoms with E-state index < -0.39 is 40.0 Å². The van der Waals surface area contributed by atoms with Crippen molar-refractivity contribution < 1.29 is 28.0 Å². The zero-order valence-electron chi connectivity index (χ0n) is 28.8. The summed E-state index contributed by atoms with van der Waals surface area (Å²) in [4.78, 5) is 12.5. The second-order valence-electron chi connectivity index (χ2n) is 12.6. The van der Waals surface area contributed by atoms with Crippen LogP contribution in [0.5, 0.6) is 0 Å². The topological polar surface area (TPSA) is 124 Å². The van der Waals surface area contributed by atoms with Crippen LogP contribution in [-0.4, -0.2) is 53.1 Å². The van der Waals surface area contributed by atoms with E-state index in [4.69, 9.17) is 0 Å². The fourth-order valence-electron chi connectivity index (χ4n) is 5.38. The fraction of sp³-hybridized carbons (Fsp3) is 0.811. The Morgan fingerprint density at radius 2 is 1.02 bits per heavy atom. The van der Waals surface area contributed by atoms with E-state index in [-0.39, 0.29) is 6.42 Å². The van der Waals surface area contributed by atoms with Crippen LogP contribution in [0.4, 0.5) is 0 Å². The zero-order chi connectivity index (χ0) is 33.4. The fourth-order valence-corrected chi connectivity index (χ4v) is 6.11. The van der Waals surface area contributed by atoms with Gasteiger partial charge in [0.2, 0.25) is 5.91 Å². The molecule has 0 aliphatic rings. The Morgan fingerprint density at radius 1 is 0.622 bits per heavy atom. The second kappa shape index (κ2) is 31.1. The maximum Gasteiger partial charge on any atom is 0.267 e. The zero-order valence-corrected chi connectivity index (χ0v) is 29.7. The van der Waals surface area contributed by atoms with Crippen LogP contribution in [0.25, 0.3) is 0 Å². The van der Waals surface area contributed by atoms with Crippen molar-refractivity contribution in [3.05, 3.63) is 36.5 Å². The van der Waals surface area contributed by atoms with Crippen molar-refractivity contribution in [3.63, 3.8) is 0 Å². The quantitative estimate of drug-likeness (QED) is 0.0326. The van der Waals surface area contributed by atoms with Crippen LogP contribution in [0.15, 0.2) is 36.5 Å². The normalized spacial score (nSPS) is 14.5. The van der Waals surface area contributed by atoms with Crippen molar-refractivity contribution >= 4 is 16.0 Å². The minimum absolute atomic E-state index is 0.273. The van der Waals surface area contributed by atoms with Gasteiger partial charge in [-0.2, -0.15) is 8.42 Å². The number of carbonyl (C=O) groups is 1. The van der Waals surface area contributed by atoms with Crippen LogP contribution < -0.4 is 5.32 Å². The molecule has 0 aromatic rings. The SMILES string of the molecule is CC/C=C/CC/C=C/CC/C=C/C(O)C(CS(=O)(=O)O)NC(=O)C(O)CCCCCCCCCCCCCCCCCCCC. The lowest BCUT2D eigenvalue weighted by Gasteiger charge is -2.22. The average molecular weight is 656 g/mol. The third kappa shape index (κ3) is 30.9. The van der Waals surface area contributed by atoms with Crippen LogP contribution >= 0.6 is 0 Å². The van der Waals surface area contributed by atoms with Gasteiger partial charge in [0, 0.05) is 0 Å². The van der Waals surface area contributed by atoms with Gasteiger partial charge < -0.3 is 15.5 Å². The molecule has 264 valence electrons. The molecule has 8 heteroatoms. The summed E-state index contributed by atoms with van der Waals surface area (Å²) in [6.07, 6.45) is 36.5. The lowest BCUT2D eigenvalue weighted by molar-refractivity contribution is -0.130. The molecule has 7 nitrogen and oxygen atoms in total. The standard InChI is InChI=1S/C37H69NO6S/c1-3-5-7-9-11-13-15-16-17-18-19-20-21-22-24-26-28-30-32-36(40)37(41)38-34(33-45(42,43)44)35(39)31-29-27-25-23-14-12-10-8-6-4-2/h6,8,14,23,29,31,34-36,39-40H,3-5,7,9-13,15-22,24-28,30,32-33H2,1-2H3,(H,38,41)(H,42,43,44)/b8-6+,23-14+,31-29+. The van der Waals surface area contributed by atoms with Crippen LogP contribution in [0.3, 0.4) is 0 Å². The van der Waals surface area contributed by atoms with Crippen molar-refractivity contribution in [1.29, 1.82) is 0 Å². The first-order valence-electron chi connectivity index (χ1n) is 18.3. The van der Waals surface area contributed by atoms with E-state index in [1.54, 1.807) is 6.08 Å². The molecule has 0 radical (unpaired) electrons. The summed E-state index contributed by atoms with van der Waals surface area (Å²) in [5.74, 6) is -1.57. The lowest BCUT2D eigenvalue weighted by Crippen LogP contribution is -2.50. The maximum absolute atomic E-state index is 12.5. The number of unbranched alkanes of at least 4 members (excludes halogenated alkanes) is 19. The van der Waals surface area contributed by atoms with Crippen LogP contribution in [-0.2, 0) is 14.9 Å². The van der Waals surface area contributed by atoms with Crippen LogP contribution in [0.2, 0.25) is 0 Å². The first kappa shape index (κ1) is 43.5. The number of rotatable bonds is 32. The summed E-state index contributed by atoms with van der Waals surface area (Å²) in [5, 5.41) is 23.2. The Morgan fingerprint density at radius 3 is 1.44 bits per heavy atom. The summed E-state index contributed by atoms with van der Waals surface area (Å²) >= 11 is 0. The molecule has 45 heavy (non-hydrogen) atoms. The van der Waals surface area contributed by atoms with Gasteiger partial charge in [-0.15, -0.1) is 0 Å². The third-order valence-corrected chi connectivity index (χ3v) is 8.95. The van der Waals surface area contributed by atoms with Gasteiger partial charge in [0.05, 0.1) is 17.9 Å². The molecular formula is C37H69NO6S. The predicted octanol–water partition coefficient (Wildman–Crippen LogP) is 9.15. The molecule has 4 N–H and O–H groups in total. The van der Waals surface area contributed by atoms with Crippen molar-refractivity contribution in [1.82, 2.24) is 5.32 Å². The largest absolute Gasteiger partial charge is 0.387 e. The molecule has 0 aliphatic heterocycles. The molecule has 0 saturated heterocycles. The highest BCUT2D eigenvalue weighted by Gasteiger charge is 2.27. The smallest absolute Gasteiger partial charge is 0.267 e. The summed E-state index contributed by atoms with van der Waals surface area (Å²) in [7, 11) is -4.45. The Labute approximate surface area is 277 Å². The van der Waals surface area contributed by atoms with Gasteiger partial charge in [-0.1, -0.05) is 166 Å². The summed E-state index contributed by atoms with van der Waals surface area (Å²) in [6.45, 7) is 4.37. The van der Waals surface area contributed by atoms with Gasteiger partial charge in [0.15, 0.2) is 0 Å². The lowest BCUT2D eigenvalue weighted by atomic mass is 10.0. The minimum Gasteiger partial charge on any atom is -0.387 e. The Bertz CT molecular complexity index is 870. The van der Waals surface area contributed by atoms with E-state index in [2.05, 4.69) is 43.5 Å². The molecule has 0 saturated carbocycles. The van der Waals surface area contributed by atoms with Crippen molar-refractivity contribution in [2.75, 3.05) is 5.75 Å². The van der Waals surface area contributed by atoms with Gasteiger partial charge in [0.25, 0.3) is 10.1 Å². The maximum atomic E-state index is 12.5. The van der Waals surface area contributed by atoms with Gasteiger partial charge in [-0.25, -0.2) is 0 Å². The van der Waals surface area contributed by atoms with Gasteiger partial charge >= 0.3 is 0 Å². The molecule has 0 fully saturated rings. The van der Waals surface area contributed by atoms with Gasteiger partial charge in [0.1, 0.15) is 6.10 Å². The number of aliphatic hydroxyl groups is 2. The summed E-state index contributed by atoms with van der Waals surface area (Å²) < 4.78 is 32.3. The molecule has 0 heterocycles. The molecule has 0 spiro atoms. The Kier molecular flexibility index (Phi) is 30.1. The number of allylic oxidation sites excluding steroid dienone is 5. The highest BCUT2D eigenvalue weighted by molar-refractivity contribution is 7.85. The van der Waals surface area contributed by atoms with E-state index in [1.807, 2.05) is 0 Å². The summed E-state index contributed by atoms with van der Waals surface area (Å²) in [6, 6.07) is -1.25. The monoisotopic (exact) mass is 655 g/mol. The first-order valence-corrected chi connectivity index (χ1v) is 19.9. The highest BCUT2D eigenvalue weighted by atomic mass is 32.2. The first-order chi connectivity index (χ1) is 21.7. The molecule has 0 aromatic heterocycles. The van der Waals surface area contributed by atoms with E-state index in [9.17, 15) is 28.0 Å². The molecule has 0 aliphatic carbocycles. The van der Waals surface area contributed by atoms with E-state index in [0.29, 0.717) is 12.8 Å². The molecular weight excluding hydrogens is 586 g/mol. The number of nitrogens with one attached hydrogen (secondary N) is 1. The van der Waals surface area contributed by atoms with Gasteiger partial charge in [-0.05, 0) is 38.5 Å². The highest BCUT2D eigenvalue weighted by Crippen LogP contribution is 2.15. The van der Waals surface area contributed by atoms with Crippen LogP contribution in [0.1, 0.15) is 168 Å². The number of hydrogen-bond acceptors (Lipinski definition) is 5. The molecule has 3 unspecified atom stereocenters. The van der Waals surface area contributed by atoms with Crippen molar-refractivity contribution in [3.8, 4) is 0 Å². The molecule has 0 bridgehead atoms. The van der Waals surface area contributed by atoms with E-state index >= 15 is 0 Å². The Balaban J connectivity index is 4.05. The number of amides is 1. The number of aliphatic hydroxyl groups excluding tert-OH is 2. The van der Waals surface area contributed by atoms with E-state index in [1.165, 1.54) is 96.0 Å². The van der Waals surface area contributed by atoms with Crippen molar-refractivity contribution in [2.24, 2.45) is 0 Å². The van der Waals surface area contributed by atoms with Gasteiger partial charge in [-0.3, -0.25) is 9.35 Å².